The summed E-state index contributed by atoms with van der Waals surface area (Å²) in [5, 5.41) is 0. The van der Waals surface area contributed by atoms with Crippen LogP contribution in [0.3, 0.4) is 0 Å². The van der Waals surface area contributed by atoms with Crippen molar-refractivity contribution in [2.45, 2.75) is 27.7 Å². The number of methoxy groups -OCH3 is 2. The van der Waals surface area contributed by atoms with Crippen molar-refractivity contribution in [1.82, 2.24) is 9.80 Å². The molecule has 1 aliphatic heterocycles. The molecule has 0 aromatic heterocycles. The Balaban J connectivity index is 0. The van der Waals surface area contributed by atoms with Crippen LogP contribution in [0.1, 0.15) is 27.7 Å². The number of amides is 2. The molecule has 6 heteroatoms. The largest absolute Gasteiger partial charge is 0.385 e. The second kappa shape index (κ2) is 13.4. The van der Waals surface area contributed by atoms with Gasteiger partial charge in [0.2, 0.25) is 0 Å². The molecule has 0 radical (unpaired) electrons. The van der Waals surface area contributed by atoms with Gasteiger partial charge < -0.3 is 14.4 Å². The molecule has 130 valence electrons. The maximum absolute atomic E-state index is 11.5. The first kappa shape index (κ1) is 23.0. The smallest absolute Gasteiger partial charge is 0.253 e. The fourth-order valence-corrected chi connectivity index (χ4v) is 2.09. The molecule has 0 saturated carbocycles. The average Bonchev–Trinajstić information content (AvgIpc) is 2.75. The Labute approximate surface area is 135 Å². The molecule has 0 atom stereocenters. The van der Waals surface area contributed by atoms with Crippen molar-refractivity contribution in [3.63, 3.8) is 0 Å². The summed E-state index contributed by atoms with van der Waals surface area (Å²) in [7, 11) is 3.37. The van der Waals surface area contributed by atoms with Crippen LogP contribution in [0, 0.1) is 0 Å². The van der Waals surface area contributed by atoms with Crippen LogP contribution in [0.25, 0.3) is 0 Å². The van der Waals surface area contributed by atoms with Gasteiger partial charge in [-0.05, 0) is 12.8 Å². The Morgan fingerprint density at radius 3 is 1.77 bits per heavy atom. The predicted octanol–water partition coefficient (Wildman–Crippen LogP) is 1.56. The summed E-state index contributed by atoms with van der Waals surface area (Å²) in [4.78, 5) is 26.5. The molecule has 1 aliphatic rings. The van der Waals surface area contributed by atoms with E-state index in [2.05, 4.69) is 4.90 Å². The fraction of sp³-hybridized carbons (Fsp3) is 0.750. The van der Waals surface area contributed by atoms with Crippen LogP contribution in [-0.4, -0.2) is 75.2 Å². The number of carbonyl (C=O) groups is 2. The monoisotopic (exact) mass is 316 g/mol. The molecule has 0 saturated heterocycles. The number of rotatable bonds is 11. The van der Waals surface area contributed by atoms with Gasteiger partial charge in [-0.25, -0.2) is 0 Å². The van der Waals surface area contributed by atoms with Crippen molar-refractivity contribution in [2.75, 3.05) is 53.6 Å². The maximum atomic E-state index is 11.5. The minimum atomic E-state index is -0.219. The van der Waals surface area contributed by atoms with Gasteiger partial charge in [-0.1, -0.05) is 14.9 Å². The third-order valence-electron chi connectivity index (χ3n) is 3.19. The molecule has 0 fully saturated rings. The Morgan fingerprint density at radius 2 is 1.36 bits per heavy atom. The molecule has 1 rings (SSSR count). The van der Waals surface area contributed by atoms with E-state index in [9.17, 15) is 9.59 Å². The lowest BCUT2D eigenvalue weighted by atomic mass is 10.3. The molecule has 6 nitrogen and oxygen atoms in total. The quantitative estimate of drug-likeness (QED) is 0.428. The van der Waals surface area contributed by atoms with Crippen LogP contribution in [0.2, 0.25) is 0 Å². The van der Waals surface area contributed by atoms with E-state index in [1.54, 1.807) is 14.2 Å². The van der Waals surface area contributed by atoms with Crippen LogP contribution < -0.4 is 0 Å². The zero-order valence-electron chi connectivity index (χ0n) is 12.3. The summed E-state index contributed by atoms with van der Waals surface area (Å²) in [6.45, 7) is 4.33. The van der Waals surface area contributed by atoms with Gasteiger partial charge in [0, 0.05) is 65.8 Å². The summed E-state index contributed by atoms with van der Waals surface area (Å²) in [6.07, 6.45) is 4.51. The highest BCUT2D eigenvalue weighted by Crippen LogP contribution is 2.04. The first-order valence-corrected chi connectivity index (χ1v) is 6.92. The van der Waals surface area contributed by atoms with Crippen molar-refractivity contribution in [2.24, 2.45) is 0 Å². The normalized spacial score (nSPS) is 13.5. The van der Waals surface area contributed by atoms with E-state index in [4.69, 9.17) is 9.47 Å². The van der Waals surface area contributed by atoms with Crippen LogP contribution >= 0.6 is 0 Å². The molecule has 1 heterocycles. The minimum Gasteiger partial charge on any atom is -0.385 e. The number of hydrogen-bond donors (Lipinski definition) is 0. The second-order valence-electron chi connectivity index (χ2n) is 4.70. The SMILES string of the molecule is C.C.COCCCN(CCCOC)CCN1C(=O)C=CC1=O. The molecule has 0 aromatic rings. The Kier molecular flexibility index (Phi) is 14.1. The van der Waals surface area contributed by atoms with E-state index >= 15 is 0 Å². The summed E-state index contributed by atoms with van der Waals surface area (Å²) >= 11 is 0. The standard InChI is InChI=1S/C14H24N2O4.2CH4/c1-19-11-3-7-15(8-4-12-20-2)9-10-16-13(17)5-6-14(16)18;;/h5-6H,3-4,7-12H2,1-2H3;2*1H4. The van der Waals surface area contributed by atoms with Crippen molar-refractivity contribution >= 4 is 11.8 Å². The number of ether oxygens (including phenoxy) is 2. The molecule has 0 unspecified atom stereocenters. The second-order valence-corrected chi connectivity index (χ2v) is 4.70. The van der Waals surface area contributed by atoms with Crippen molar-refractivity contribution in [3.05, 3.63) is 12.2 Å². The highest BCUT2D eigenvalue weighted by atomic mass is 16.5. The van der Waals surface area contributed by atoms with Crippen LogP contribution in [0.5, 0.6) is 0 Å². The Bertz CT molecular complexity index is 317. The van der Waals surface area contributed by atoms with Gasteiger partial charge in [-0.3, -0.25) is 14.5 Å². The molecule has 0 bridgehead atoms. The molecule has 0 aliphatic carbocycles. The highest BCUT2D eigenvalue weighted by Gasteiger charge is 2.23. The molecule has 2 amide bonds. The van der Waals surface area contributed by atoms with E-state index in [1.807, 2.05) is 0 Å². The van der Waals surface area contributed by atoms with Gasteiger partial charge in [-0.15, -0.1) is 0 Å². The van der Waals surface area contributed by atoms with Gasteiger partial charge in [0.1, 0.15) is 0 Å². The van der Waals surface area contributed by atoms with Gasteiger partial charge in [0.05, 0.1) is 0 Å². The molecule has 0 spiro atoms. The molecule has 0 N–H and O–H groups in total. The molecule has 0 aromatic carbocycles. The van der Waals surface area contributed by atoms with E-state index in [-0.39, 0.29) is 26.7 Å². The van der Waals surface area contributed by atoms with Gasteiger partial charge >= 0.3 is 0 Å². The Morgan fingerprint density at radius 1 is 0.909 bits per heavy atom. The number of imide groups is 1. The average molecular weight is 316 g/mol. The lowest BCUT2D eigenvalue weighted by Gasteiger charge is -2.24. The third-order valence-corrected chi connectivity index (χ3v) is 3.19. The summed E-state index contributed by atoms with van der Waals surface area (Å²) < 4.78 is 10.1. The number of carbonyl (C=O) groups excluding carboxylic acids is 2. The zero-order chi connectivity index (χ0) is 14.8. The predicted molar refractivity (Wildman–Crippen MR) is 88.7 cm³/mol. The van der Waals surface area contributed by atoms with Crippen LogP contribution in [0.15, 0.2) is 12.2 Å². The summed E-state index contributed by atoms with van der Waals surface area (Å²) in [5.74, 6) is -0.438. The molecular formula is C16H32N2O4. The van der Waals surface area contributed by atoms with Crippen molar-refractivity contribution in [3.8, 4) is 0 Å². The highest BCUT2D eigenvalue weighted by molar-refractivity contribution is 6.12. The van der Waals surface area contributed by atoms with Crippen LogP contribution in [-0.2, 0) is 19.1 Å². The first-order valence-electron chi connectivity index (χ1n) is 6.92. The fourth-order valence-electron chi connectivity index (χ4n) is 2.09. The maximum Gasteiger partial charge on any atom is 0.253 e. The van der Waals surface area contributed by atoms with Crippen molar-refractivity contribution < 1.29 is 19.1 Å². The van der Waals surface area contributed by atoms with Gasteiger partial charge in [-0.2, -0.15) is 0 Å². The van der Waals surface area contributed by atoms with Crippen molar-refractivity contribution in [1.29, 1.82) is 0 Å². The zero-order valence-corrected chi connectivity index (χ0v) is 12.3. The molecule has 22 heavy (non-hydrogen) atoms. The summed E-state index contributed by atoms with van der Waals surface area (Å²) in [5.41, 5.74) is 0. The summed E-state index contributed by atoms with van der Waals surface area (Å²) in [6, 6.07) is 0. The topological polar surface area (TPSA) is 59.1 Å². The van der Waals surface area contributed by atoms with Gasteiger partial charge in [0.15, 0.2) is 0 Å². The Hall–Kier alpha value is -1.24. The van der Waals surface area contributed by atoms with Crippen LogP contribution in [0.4, 0.5) is 0 Å². The first-order chi connectivity index (χ1) is 9.69. The third kappa shape index (κ3) is 8.26. The van der Waals surface area contributed by atoms with E-state index in [0.717, 1.165) is 25.9 Å². The van der Waals surface area contributed by atoms with E-state index < -0.39 is 0 Å². The van der Waals surface area contributed by atoms with E-state index in [1.165, 1.54) is 17.1 Å². The minimum absolute atomic E-state index is 0. The van der Waals surface area contributed by atoms with E-state index in [0.29, 0.717) is 26.3 Å². The molecular weight excluding hydrogens is 284 g/mol. The lowest BCUT2D eigenvalue weighted by molar-refractivity contribution is -0.137. The van der Waals surface area contributed by atoms with Gasteiger partial charge in [0.25, 0.3) is 11.8 Å². The number of nitrogens with zero attached hydrogens (tertiary/aromatic N) is 2. The lowest BCUT2D eigenvalue weighted by Crippen LogP contribution is -2.39. The number of hydrogen-bond acceptors (Lipinski definition) is 5.